The monoisotopic (exact) mass is 607 g/mol. The average molecular weight is 607 g/mol. The largest absolute Gasteiger partial charge is 0.756 e. The molecule has 2 fully saturated rings. The van der Waals surface area contributed by atoms with E-state index < -0.39 is 26.1 Å². The normalized spacial score (nSPS) is 35.2. The molecule has 0 bridgehead atoms. The van der Waals surface area contributed by atoms with E-state index in [4.69, 9.17) is 33.7 Å². The summed E-state index contributed by atoms with van der Waals surface area (Å²) >= 11 is 0. The van der Waals surface area contributed by atoms with Crippen LogP contribution in [0.25, 0.3) is 0 Å². The van der Waals surface area contributed by atoms with Gasteiger partial charge in [0.15, 0.2) is 0 Å². The van der Waals surface area contributed by atoms with E-state index in [2.05, 4.69) is 0 Å². The van der Waals surface area contributed by atoms with Gasteiger partial charge in [-0.05, 0) is 60.7 Å². The first-order chi connectivity index (χ1) is 13.0. The van der Waals surface area contributed by atoms with Crippen molar-refractivity contribution in [2.24, 2.45) is 5.73 Å². The molecule has 4 unspecified atom stereocenters. The molecule has 0 aliphatic carbocycles. The van der Waals surface area contributed by atoms with Crippen molar-refractivity contribution in [1.29, 1.82) is 0 Å². The van der Waals surface area contributed by atoms with Crippen molar-refractivity contribution in [3.05, 3.63) is 6.10 Å². The standard InChI is InChI=1S/C18H35NO8P.W/c1-10(2)22-8-16-18(17(19)13(6)26-16)27-28(20,21)23-9-15-14(24-11(3)4)7-12(5)25-15;/h10-14,16-18H,7-9,19H2,1-6H3,(H,20,21);/q-1;/p-1/t12-,13-,14?,16+,17?,18?;/m0./s1. The van der Waals surface area contributed by atoms with E-state index in [1.165, 1.54) is 0 Å². The Morgan fingerprint density at radius 3 is 2.48 bits per heavy atom. The van der Waals surface area contributed by atoms with Crippen molar-refractivity contribution in [3.8, 4) is 0 Å². The molecule has 2 rings (SSSR count). The Hall–Kier alpha value is 0.598. The molecule has 0 radical (unpaired) electrons. The van der Waals surface area contributed by atoms with Crippen LogP contribution in [0.5, 0.6) is 0 Å². The predicted molar refractivity (Wildman–Crippen MR) is 100 cm³/mol. The summed E-state index contributed by atoms with van der Waals surface area (Å²) in [5.74, 6) is 0. The van der Waals surface area contributed by atoms with Crippen LogP contribution in [0, 0.1) is 6.10 Å². The molecule has 2 aliphatic rings. The van der Waals surface area contributed by atoms with Crippen molar-refractivity contribution in [1.82, 2.24) is 0 Å². The number of nitrogens with two attached hydrogens (primary N) is 1. The van der Waals surface area contributed by atoms with Crippen molar-refractivity contribution < 1.29 is 58.5 Å². The van der Waals surface area contributed by atoms with Gasteiger partial charge in [-0.1, -0.05) is 0 Å². The molecule has 0 aromatic rings. The molecule has 7 atom stereocenters. The number of rotatable bonds is 10. The number of ether oxygens (including phenoxy) is 4. The topological polar surface area (TPSA) is 122 Å². The fourth-order valence-electron chi connectivity index (χ4n) is 3.24. The van der Waals surface area contributed by atoms with E-state index in [0.29, 0.717) is 12.5 Å². The predicted octanol–water partition coefficient (Wildman–Crippen LogP) is 1.53. The molecule has 2 N–H and O–H groups in total. The van der Waals surface area contributed by atoms with E-state index in [-0.39, 0.29) is 64.8 Å². The zero-order valence-corrected chi connectivity index (χ0v) is 21.8. The van der Waals surface area contributed by atoms with Crippen LogP contribution in [0.4, 0.5) is 0 Å². The number of phosphoric ester groups is 1. The quantitative estimate of drug-likeness (QED) is 0.291. The third-order valence-electron chi connectivity index (χ3n) is 4.58. The first-order valence-corrected chi connectivity index (χ1v) is 11.3. The summed E-state index contributed by atoms with van der Waals surface area (Å²) in [6.45, 7) is 11.2. The number of phosphoric acid groups is 1. The Labute approximate surface area is 188 Å². The Bertz CT molecular complexity index is 540. The molecule has 9 nitrogen and oxygen atoms in total. The van der Waals surface area contributed by atoms with Crippen LogP contribution in [-0.4, -0.2) is 62.0 Å². The van der Waals surface area contributed by atoms with E-state index in [1.807, 2.05) is 34.6 Å². The van der Waals surface area contributed by atoms with E-state index >= 15 is 0 Å². The van der Waals surface area contributed by atoms with Gasteiger partial charge >= 0.3 is 0 Å². The zero-order chi connectivity index (χ0) is 21.1. The van der Waals surface area contributed by atoms with Crippen LogP contribution in [0.2, 0.25) is 0 Å². The summed E-state index contributed by atoms with van der Waals surface area (Å²) in [6, 6.07) is -0.612. The molecule has 0 aromatic carbocycles. The van der Waals surface area contributed by atoms with Crippen molar-refractivity contribution >= 4 is 7.82 Å². The van der Waals surface area contributed by atoms with E-state index in [9.17, 15) is 9.46 Å². The molecular formula is C18H34NO8PW-2. The van der Waals surface area contributed by atoms with Gasteiger partial charge in [-0.25, -0.2) is 0 Å². The maximum Gasteiger partial charge on any atom is 0.265 e. The molecule has 0 amide bonds. The SMILES string of the molecule is CC(C)OC[C@H]1O[C@@H](C)C(N)C1OP(=O)([O-])OC[C-]1O[C@@H](C)CC1OC(C)C.[W]. The van der Waals surface area contributed by atoms with Gasteiger partial charge in [0.25, 0.3) is 7.82 Å². The first-order valence-electron chi connectivity index (χ1n) is 9.83. The van der Waals surface area contributed by atoms with Crippen molar-refractivity contribution in [2.75, 3.05) is 13.2 Å². The molecule has 172 valence electrons. The fourth-order valence-corrected chi connectivity index (χ4v) is 4.16. The average Bonchev–Trinajstić information content (AvgIpc) is 3.04. The van der Waals surface area contributed by atoms with Crippen LogP contribution in [0.3, 0.4) is 0 Å². The van der Waals surface area contributed by atoms with Gasteiger partial charge in [0.1, 0.15) is 12.2 Å². The van der Waals surface area contributed by atoms with Crippen LogP contribution in [-0.2, 0) is 53.6 Å². The van der Waals surface area contributed by atoms with Gasteiger partial charge in [0.2, 0.25) is 0 Å². The Morgan fingerprint density at radius 2 is 1.90 bits per heavy atom. The Balaban J connectivity index is 0.00000420. The summed E-state index contributed by atoms with van der Waals surface area (Å²) in [5, 5.41) is 0. The minimum atomic E-state index is -4.65. The molecule has 0 saturated carbocycles. The van der Waals surface area contributed by atoms with Crippen molar-refractivity contribution in [3.63, 3.8) is 0 Å². The molecule has 2 heterocycles. The van der Waals surface area contributed by atoms with Gasteiger partial charge in [-0.3, -0.25) is 4.57 Å². The van der Waals surface area contributed by atoms with Crippen LogP contribution in [0.1, 0.15) is 48.0 Å². The summed E-state index contributed by atoms with van der Waals surface area (Å²) in [6.07, 6.45) is -1.15. The second-order valence-electron chi connectivity index (χ2n) is 7.93. The summed E-state index contributed by atoms with van der Waals surface area (Å²) in [4.78, 5) is 12.4. The molecule has 11 heteroatoms. The first kappa shape index (κ1) is 27.6. The molecule has 0 aromatic heterocycles. The van der Waals surface area contributed by atoms with Crippen LogP contribution < -0.4 is 10.6 Å². The Morgan fingerprint density at radius 1 is 1.24 bits per heavy atom. The Kier molecular flexibility index (Phi) is 11.4. The molecule has 2 aliphatic heterocycles. The number of hydrogen-bond acceptors (Lipinski definition) is 9. The van der Waals surface area contributed by atoms with Gasteiger partial charge in [0.05, 0.1) is 24.9 Å². The zero-order valence-electron chi connectivity index (χ0n) is 17.9. The second kappa shape index (κ2) is 12.0. The minimum absolute atomic E-state index is 0. The van der Waals surface area contributed by atoms with Gasteiger partial charge < -0.3 is 38.6 Å². The maximum atomic E-state index is 12.4. The smallest absolute Gasteiger partial charge is 0.265 e. The summed E-state index contributed by atoms with van der Waals surface area (Å²) < 4.78 is 45.4. The van der Waals surface area contributed by atoms with E-state index in [1.54, 1.807) is 6.92 Å². The van der Waals surface area contributed by atoms with Crippen LogP contribution >= 0.6 is 7.82 Å². The number of hydrogen-bond donors (Lipinski definition) is 1. The molecule has 0 spiro atoms. The second-order valence-corrected chi connectivity index (χ2v) is 9.30. The fraction of sp³-hybridized carbons (Fsp3) is 0.944. The van der Waals surface area contributed by atoms with Gasteiger partial charge in [0, 0.05) is 33.3 Å². The third-order valence-corrected chi connectivity index (χ3v) is 5.53. The van der Waals surface area contributed by atoms with Crippen molar-refractivity contribution in [2.45, 2.75) is 96.7 Å². The van der Waals surface area contributed by atoms with E-state index in [0.717, 1.165) is 0 Å². The summed E-state index contributed by atoms with van der Waals surface area (Å²) in [7, 11) is -4.65. The maximum absolute atomic E-state index is 12.4. The van der Waals surface area contributed by atoms with Crippen LogP contribution in [0.15, 0.2) is 0 Å². The molecule has 29 heavy (non-hydrogen) atoms. The van der Waals surface area contributed by atoms with Gasteiger partial charge in [-0.15, -0.1) is 6.10 Å². The van der Waals surface area contributed by atoms with Gasteiger partial charge in [-0.2, -0.15) is 0 Å². The molecular weight excluding hydrogens is 573 g/mol. The minimum Gasteiger partial charge on any atom is -0.756 e. The molecule has 2 saturated heterocycles. The third kappa shape index (κ3) is 8.57. The summed E-state index contributed by atoms with van der Waals surface area (Å²) in [5.41, 5.74) is 6.07.